The first-order valence-corrected chi connectivity index (χ1v) is 7.22. The van der Waals surface area contributed by atoms with Crippen LogP contribution in [0, 0.1) is 0 Å². The van der Waals surface area contributed by atoms with Gasteiger partial charge in [-0.25, -0.2) is 0 Å². The molecule has 0 saturated carbocycles. The van der Waals surface area contributed by atoms with E-state index in [1.165, 1.54) is 5.56 Å². The number of rotatable bonds is 9. The fraction of sp³-hybridized carbons (Fsp3) is 0.625. The molecule has 0 aliphatic heterocycles. The molecule has 0 aromatic heterocycles. The molecule has 0 aliphatic carbocycles. The molecule has 1 rings (SSSR count). The van der Waals surface area contributed by atoms with Gasteiger partial charge in [0.2, 0.25) is 0 Å². The highest BCUT2D eigenvalue weighted by Crippen LogP contribution is 2.12. The number of nitrogens with two attached hydrogens (primary N) is 1. The predicted molar refractivity (Wildman–Crippen MR) is 81.7 cm³/mol. The van der Waals surface area contributed by atoms with Gasteiger partial charge in [-0.3, -0.25) is 0 Å². The zero-order chi connectivity index (χ0) is 14.1. The van der Waals surface area contributed by atoms with Gasteiger partial charge in [0.05, 0.1) is 6.61 Å². The zero-order valence-electron chi connectivity index (χ0n) is 12.5. The molecule has 3 N–H and O–H groups in total. The normalized spacial score (nSPS) is 11.6. The van der Waals surface area contributed by atoms with E-state index < -0.39 is 0 Å². The molecule has 0 fully saturated rings. The number of benzene rings is 1. The van der Waals surface area contributed by atoms with Gasteiger partial charge in [-0.05, 0) is 70.8 Å². The van der Waals surface area contributed by atoms with Crippen molar-refractivity contribution in [2.24, 2.45) is 5.73 Å². The van der Waals surface area contributed by atoms with E-state index in [1.807, 2.05) is 19.1 Å². The molecule has 108 valence electrons. The Morgan fingerprint density at radius 3 is 2.42 bits per heavy atom. The quantitative estimate of drug-likeness (QED) is 0.674. The van der Waals surface area contributed by atoms with Crippen molar-refractivity contribution in [1.82, 2.24) is 5.32 Å². The maximum Gasteiger partial charge on any atom is 0.119 e. The Kier molecular flexibility index (Phi) is 6.89. The summed E-state index contributed by atoms with van der Waals surface area (Å²) in [6.45, 7) is 8.93. The Morgan fingerprint density at radius 1 is 1.16 bits per heavy atom. The third-order valence-electron chi connectivity index (χ3n) is 3.00. The van der Waals surface area contributed by atoms with Crippen molar-refractivity contribution in [2.75, 3.05) is 19.7 Å². The molecule has 0 radical (unpaired) electrons. The van der Waals surface area contributed by atoms with Gasteiger partial charge in [0.1, 0.15) is 5.75 Å². The van der Waals surface area contributed by atoms with Crippen LogP contribution < -0.4 is 15.8 Å². The van der Waals surface area contributed by atoms with Gasteiger partial charge in [0.25, 0.3) is 0 Å². The minimum atomic E-state index is -0.0449. The van der Waals surface area contributed by atoms with Crippen LogP contribution in [0.25, 0.3) is 0 Å². The van der Waals surface area contributed by atoms with E-state index in [0.29, 0.717) is 0 Å². The zero-order valence-corrected chi connectivity index (χ0v) is 12.5. The highest BCUT2D eigenvalue weighted by Gasteiger charge is 2.08. The second-order valence-electron chi connectivity index (χ2n) is 5.67. The summed E-state index contributed by atoms with van der Waals surface area (Å²) in [5.74, 6) is 0.949. The van der Waals surface area contributed by atoms with Crippen LogP contribution in [-0.4, -0.2) is 25.2 Å². The van der Waals surface area contributed by atoms with Crippen molar-refractivity contribution < 1.29 is 4.74 Å². The summed E-state index contributed by atoms with van der Waals surface area (Å²) in [5.41, 5.74) is 7.24. The Labute approximate surface area is 117 Å². The molecular formula is C16H28N2O. The number of hydrogen-bond donors (Lipinski definition) is 2. The first-order valence-electron chi connectivity index (χ1n) is 7.22. The van der Waals surface area contributed by atoms with E-state index in [2.05, 4.69) is 31.3 Å². The minimum Gasteiger partial charge on any atom is -0.494 e. The predicted octanol–water partition coefficient (Wildman–Crippen LogP) is 2.73. The van der Waals surface area contributed by atoms with Crippen molar-refractivity contribution in [1.29, 1.82) is 0 Å². The molecule has 0 saturated heterocycles. The molecule has 0 heterocycles. The maximum absolute atomic E-state index is 5.94. The lowest BCUT2D eigenvalue weighted by atomic mass is 10.0. The second-order valence-corrected chi connectivity index (χ2v) is 5.67. The van der Waals surface area contributed by atoms with E-state index in [0.717, 1.165) is 44.7 Å². The van der Waals surface area contributed by atoms with Crippen molar-refractivity contribution in [3.8, 4) is 5.75 Å². The third-order valence-corrected chi connectivity index (χ3v) is 3.00. The van der Waals surface area contributed by atoms with Gasteiger partial charge in [-0.2, -0.15) is 0 Å². The van der Waals surface area contributed by atoms with Gasteiger partial charge in [-0.1, -0.05) is 12.1 Å². The lowest BCUT2D eigenvalue weighted by Gasteiger charge is -2.17. The van der Waals surface area contributed by atoms with Crippen molar-refractivity contribution in [3.63, 3.8) is 0 Å². The molecule has 0 aliphatic rings. The van der Waals surface area contributed by atoms with Crippen LogP contribution in [0.3, 0.4) is 0 Å². The third kappa shape index (κ3) is 7.85. The summed E-state index contributed by atoms with van der Waals surface area (Å²) in [6.07, 6.45) is 3.24. The van der Waals surface area contributed by atoms with Crippen molar-refractivity contribution >= 4 is 0 Å². The summed E-state index contributed by atoms with van der Waals surface area (Å²) >= 11 is 0. The summed E-state index contributed by atoms with van der Waals surface area (Å²) in [6, 6.07) is 8.34. The first-order chi connectivity index (χ1) is 9.01. The van der Waals surface area contributed by atoms with Gasteiger partial charge in [0, 0.05) is 5.54 Å². The van der Waals surface area contributed by atoms with Crippen LogP contribution in [0.15, 0.2) is 24.3 Å². The lowest BCUT2D eigenvalue weighted by Crippen LogP contribution is -2.33. The number of hydrogen-bond acceptors (Lipinski definition) is 3. The van der Waals surface area contributed by atoms with Crippen molar-refractivity contribution in [2.45, 2.75) is 45.6 Å². The van der Waals surface area contributed by atoms with Crippen LogP contribution in [0.5, 0.6) is 5.75 Å². The molecule has 3 heteroatoms. The minimum absolute atomic E-state index is 0.0449. The van der Waals surface area contributed by atoms with Crippen LogP contribution >= 0.6 is 0 Å². The maximum atomic E-state index is 5.94. The van der Waals surface area contributed by atoms with E-state index >= 15 is 0 Å². The summed E-state index contributed by atoms with van der Waals surface area (Å²) in [5, 5.41) is 3.46. The summed E-state index contributed by atoms with van der Waals surface area (Å²) in [7, 11) is 0. The number of nitrogens with one attached hydrogen (secondary N) is 1. The first kappa shape index (κ1) is 16.0. The average Bonchev–Trinajstić information content (AvgIpc) is 2.35. The molecule has 1 aromatic carbocycles. The molecule has 19 heavy (non-hydrogen) atoms. The standard InChI is InChI=1S/C16H28N2O/c1-4-19-15-8-6-14(7-9-15)10-13-18-12-5-11-16(2,3)17/h6-9,18H,4-5,10-13,17H2,1-3H3. The van der Waals surface area contributed by atoms with E-state index in [9.17, 15) is 0 Å². The fourth-order valence-corrected chi connectivity index (χ4v) is 1.95. The molecule has 0 bridgehead atoms. The highest BCUT2D eigenvalue weighted by molar-refractivity contribution is 5.27. The number of ether oxygens (including phenoxy) is 1. The van der Waals surface area contributed by atoms with E-state index in [4.69, 9.17) is 10.5 Å². The van der Waals surface area contributed by atoms with E-state index in [-0.39, 0.29) is 5.54 Å². The average molecular weight is 264 g/mol. The molecule has 0 atom stereocenters. The Bertz CT molecular complexity index is 341. The summed E-state index contributed by atoms with van der Waals surface area (Å²) < 4.78 is 5.42. The van der Waals surface area contributed by atoms with Gasteiger partial charge >= 0.3 is 0 Å². The Hall–Kier alpha value is -1.06. The van der Waals surface area contributed by atoms with Crippen LogP contribution in [0.1, 0.15) is 39.2 Å². The van der Waals surface area contributed by atoms with Crippen molar-refractivity contribution in [3.05, 3.63) is 29.8 Å². The molecule has 0 amide bonds. The van der Waals surface area contributed by atoms with Gasteiger partial charge < -0.3 is 15.8 Å². The van der Waals surface area contributed by atoms with E-state index in [1.54, 1.807) is 0 Å². The Morgan fingerprint density at radius 2 is 1.84 bits per heavy atom. The van der Waals surface area contributed by atoms with Crippen LogP contribution in [-0.2, 0) is 6.42 Å². The molecule has 0 spiro atoms. The fourth-order valence-electron chi connectivity index (χ4n) is 1.95. The Balaban J connectivity index is 2.12. The monoisotopic (exact) mass is 264 g/mol. The molecule has 3 nitrogen and oxygen atoms in total. The largest absolute Gasteiger partial charge is 0.494 e. The SMILES string of the molecule is CCOc1ccc(CCNCCCC(C)(C)N)cc1. The van der Waals surface area contributed by atoms with Crippen LogP contribution in [0.2, 0.25) is 0 Å². The van der Waals surface area contributed by atoms with Gasteiger partial charge in [0.15, 0.2) is 0 Å². The topological polar surface area (TPSA) is 47.3 Å². The highest BCUT2D eigenvalue weighted by atomic mass is 16.5. The summed E-state index contributed by atoms with van der Waals surface area (Å²) in [4.78, 5) is 0. The lowest BCUT2D eigenvalue weighted by molar-refractivity contribution is 0.340. The molecule has 0 unspecified atom stereocenters. The molecular weight excluding hydrogens is 236 g/mol. The molecule has 1 aromatic rings. The van der Waals surface area contributed by atoms with Gasteiger partial charge in [-0.15, -0.1) is 0 Å². The smallest absolute Gasteiger partial charge is 0.119 e. The van der Waals surface area contributed by atoms with Crippen LogP contribution in [0.4, 0.5) is 0 Å². The second kappa shape index (κ2) is 8.18.